The average molecular weight is 391 g/mol. The van der Waals surface area contributed by atoms with Crippen molar-refractivity contribution in [3.63, 3.8) is 0 Å². The number of aryl methyl sites for hydroxylation is 3. The van der Waals surface area contributed by atoms with E-state index in [1.165, 1.54) is 0 Å². The molecule has 0 saturated carbocycles. The van der Waals surface area contributed by atoms with Gasteiger partial charge in [0.15, 0.2) is 0 Å². The smallest absolute Gasteiger partial charge is 0.244 e. The van der Waals surface area contributed by atoms with Gasteiger partial charge >= 0.3 is 0 Å². The van der Waals surface area contributed by atoms with Gasteiger partial charge in [-0.25, -0.2) is 0 Å². The Bertz CT molecular complexity index is 878. The lowest BCUT2D eigenvalue weighted by Gasteiger charge is -2.27. The van der Waals surface area contributed by atoms with E-state index < -0.39 is 23.6 Å². The van der Waals surface area contributed by atoms with Crippen molar-refractivity contribution in [3.8, 4) is 0 Å². The van der Waals surface area contributed by atoms with E-state index in [4.69, 9.17) is 11.6 Å². The summed E-state index contributed by atoms with van der Waals surface area (Å²) in [6.07, 6.45) is 0. The van der Waals surface area contributed by atoms with Gasteiger partial charge in [-0.2, -0.15) is 0 Å². The minimum absolute atomic E-state index is 0.0121. The maximum Gasteiger partial charge on any atom is 0.244 e. The fraction of sp³-hybridized carbons (Fsp3) is 0.333. The minimum Gasteiger partial charge on any atom is -0.302 e. The van der Waals surface area contributed by atoms with Crippen LogP contribution in [0.1, 0.15) is 40.9 Å². The maximum absolute atomic E-state index is 14.1. The van der Waals surface area contributed by atoms with Crippen LogP contribution in [0.5, 0.6) is 0 Å². The number of carbonyl (C=O) groups excluding carboxylic acids is 2. The summed E-state index contributed by atoms with van der Waals surface area (Å²) in [5.41, 5.74) is 0.535. The number of carbonyl (C=O) groups is 2. The predicted octanol–water partition coefficient (Wildman–Crippen LogP) is 5.23. The molecule has 3 nitrogen and oxygen atoms in total. The van der Waals surface area contributed by atoms with Gasteiger partial charge in [-0.1, -0.05) is 61.9 Å². The van der Waals surface area contributed by atoms with Gasteiger partial charge in [-0.15, -0.1) is 11.6 Å². The highest BCUT2D eigenvalue weighted by molar-refractivity contribution is 8.00. The van der Waals surface area contributed by atoms with Gasteiger partial charge in [0.2, 0.25) is 18.2 Å². The first kappa shape index (κ1) is 20.6. The van der Waals surface area contributed by atoms with Crippen LogP contribution in [0.3, 0.4) is 0 Å². The monoisotopic (exact) mass is 390 g/mol. The third kappa shape index (κ3) is 3.56. The summed E-state index contributed by atoms with van der Waals surface area (Å²) < 4.78 is 14.1. The van der Waals surface area contributed by atoms with Crippen molar-refractivity contribution in [2.45, 2.75) is 34.6 Å². The SMILES string of the molecule is Cc1cc(C)c(C(=O)P(=O)(C(=O)C(C)(C)CCl)c2ccccc2)c(C)c1. The van der Waals surface area contributed by atoms with Crippen LogP contribution in [0.25, 0.3) is 0 Å². The van der Waals surface area contributed by atoms with Gasteiger partial charge in [0.1, 0.15) is 0 Å². The number of benzene rings is 2. The molecule has 0 spiro atoms. The Kier molecular flexibility index (Phi) is 5.95. The number of rotatable bonds is 6. The zero-order valence-electron chi connectivity index (χ0n) is 15.8. The normalized spacial score (nSPS) is 13.9. The van der Waals surface area contributed by atoms with Crippen molar-refractivity contribution < 1.29 is 14.2 Å². The molecule has 0 saturated heterocycles. The van der Waals surface area contributed by atoms with Gasteiger partial charge < -0.3 is 4.57 Å². The molecule has 2 rings (SSSR count). The van der Waals surface area contributed by atoms with Crippen molar-refractivity contribution >= 4 is 35.1 Å². The molecule has 0 aliphatic carbocycles. The zero-order valence-corrected chi connectivity index (χ0v) is 17.4. The summed E-state index contributed by atoms with van der Waals surface area (Å²) in [5.74, 6) is -0.0121. The van der Waals surface area contributed by atoms with Crippen LogP contribution >= 0.6 is 18.7 Å². The third-order valence-electron chi connectivity index (χ3n) is 4.50. The lowest BCUT2D eigenvalue weighted by molar-refractivity contribution is -0.118. The minimum atomic E-state index is -4.04. The van der Waals surface area contributed by atoms with Crippen LogP contribution in [0.2, 0.25) is 0 Å². The highest BCUT2D eigenvalue weighted by Crippen LogP contribution is 2.54. The highest BCUT2D eigenvalue weighted by Gasteiger charge is 2.48. The summed E-state index contributed by atoms with van der Waals surface area (Å²) in [4.78, 5) is 26.8. The molecule has 2 aromatic rings. The molecule has 0 aliphatic heterocycles. The lowest BCUT2D eigenvalue weighted by Crippen LogP contribution is -2.32. The molecule has 0 N–H and O–H groups in total. The Morgan fingerprint density at radius 1 is 1.00 bits per heavy atom. The zero-order chi connectivity index (χ0) is 19.7. The summed E-state index contributed by atoms with van der Waals surface area (Å²) in [5, 5.41) is 0.257. The molecular weight excluding hydrogens is 367 g/mol. The lowest BCUT2D eigenvalue weighted by atomic mass is 9.99. The second-order valence-corrected chi connectivity index (χ2v) is 10.2. The standard InChI is InChI=1S/C21H24ClO3P/c1-14-11-15(2)18(16(3)12-14)19(23)26(25,17-9-7-6-8-10-17)20(24)21(4,5)13-22/h6-12H,13H2,1-5H3. The second kappa shape index (κ2) is 7.50. The summed E-state index contributed by atoms with van der Waals surface area (Å²) in [6, 6.07) is 12.0. The van der Waals surface area contributed by atoms with Gasteiger partial charge in [-0.3, -0.25) is 9.59 Å². The highest BCUT2D eigenvalue weighted by atomic mass is 35.5. The van der Waals surface area contributed by atoms with Crippen LogP contribution in [0, 0.1) is 26.2 Å². The van der Waals surface area contributed by atoms with Crippen molar-refractivity contribution in [2.24, 2.45) is 5.41 Å². The van der Waals surface area contributed by atoms with Crippen LogP contribution in [-0.4, -0.2) is 16.9 Å². The van der Waals surface area contributed by atoms with Gasteiger partial charge in [-0.05, 0) is 31.9 Å². The fourth-order valence-corrected chi connectivity index (χ4v) is 6.18. The number of alkyl halides is 1. The van der Waals surface area contributed by atoms with Crippen LogP contribution in [0.15, 0.2) is 42.5 Å². The molecule has 5 heteroatoms. The first-order valence-corrected chi connectivity index (χ1v) is 10.7. The molecule has 0 fully saturated rings. The molecule has 1 unspecified atom stereocenters. The molecule has 26 heavy (non-hydrogen) atoms. The van der Waals surface area contributed by atoms with Crippen molar-refractivity contribution in [1.82, 2.24) is 0 Å². The quantitative estimate of drug-likeness (QED) is 0.501. The van der Waals surface area contributed by atoms with E-state index in [1.807, 2.05) is 19.1 Å². The molecule has 0 radical (unpaired) electrons. The third-order valence-corrected chi connectivity index (χ3v) is 8.16. The van der Waals surface area contributed by atoms with E-state index >= 15 is 0 Å². The molecule has 138 valence electrons. The van der Waals surface area contributed by atoms with Crippen LogP contribution in [-0.2, 0) is 9.36 Å². The Hall–Kier alpha value is -1.70. The molecule has 0 aliphatic rings. The van der Waals surface area contributed by atoms with Gasteiger partial charge in [0.25, 0.3) is 0 Å². The van der Waals surface area contributed by atoms with E-state index in [0.717, 1.165) is 16.7 Å². The molecule has 2 aromatic carbocycles. The summed E-state index contributed by atoms with van der Waals surface area (Å²) in [6.45, 7) is 8.80. The number of hydrogen-bond donors (Lipinski definition) is 0. The van der Waals surface area contributed by atoms with Gasteiger partial charge in [0.05, 0.1) is 0 Å². The van der Waals surface area contributed by atoms with Crippen molar-refractivity contribution in [3.05, 3.63) is 64.7 Å². The predicted molar refractivity (Wildman–Crippen MR) is 108 cm³/mol. The summed E-state index contributed by atoms with van der Waals surface area (Å²) in [7, 11) is -4.04. The van der Waals surface area contributed by atoms with E-state index in [2.05, 4.69) is 0 Å². The van der Waals surface area contributed by atoms with Crippen molar-refractivity contribution in [1.29, 1.82) is 0 Å². The molecular formula is C21H24ClO3P. The number of hydrogen-bond acceptors (Lipinski definition) is 3. The Morgan fingerprint density at radius 3 is 1.96 bits per heavy atom. The van der Waals surface area contributed by atoms with Crippen LogP contribution in [0.4, 0.5) is 0 Å². The topological polar surface area (TPSA) is 51.2 Å². The second-order valence-electron chi connectivity index (χ2n) is 7.35. The van der Waals surface area contributed by atoms with Crippen LogP contribution < -0.4 is 5.30 Å². The molecule has 0 aromatic heterocycles. The molecule has 0 bridgehead atoms. The summed E-state index contributed by atoms with van der Waals surface area (Å²) >= 11 is 5.96. The average Bonchev–Trinajstić information content (AvgIpc) is 2.60. The Morgan fingerprint density at radius 2 is 1.50 bits per heavy atom. The van der Waals surface area contributed by atoms with E-state index in [-0.39, 0.29) is 11.2 Å². The molecule has 1 atom stereocenters. The van der Waals surface area contributed by atoms with Gasteiger partial charge in [0, 0.05) is 22.2 Å². The fourth-order valence-electron chi connectivity index (χ4n) is 3.12. The molecule has 0 amide bonds. The first-order valence-electron chi connectivity index (χ1n) is 8.45. The Labute approximate surface area is 160 Å². The molecule has 0 heterocycles. The van der Waals surface area contributed by atoms with E-state index in [0.29, 0.717) is 5.56 Å². The maximum atomic E-state index is 14.1. The first-order chi connectivity index (χ1) is 12.1. The largest absolute Gasteiger partial charge is 0.302 e. The van der Waals surface area contributed by atoms with E-state index in [1.54, 1.807) is 58.0 Å². The van der Waals surface area contributed by atoms with Crippen molar-refractivity contribution in [2.75, 3.05) is 5.88 Å². The Balaban J connectivity index is 2.77. The van der Waals surface area contributed by atoms with E-state index in [9.17, 15) is 14.2 Å². The number of halogens is 1.